The summed E-state index contributed by atoms with van der Waals surface area (Å²) in [5, 5.41) is 8.43. The molecule has 5 nitrogen and oxygen atoms in total. The first kappa shape index (κ1) is 19.1. The molecule has 6 rings (SSSR count). The molecule has 2 aliphatic rings. The number of halogens is 2. The number of fused-ring (bicyclic) bond motifs is 3. The van der Waals surface area contributed by atoms with Crippen LogP contribution in [0, 0.1) is 12.7 Å². The predicted molar refractivity (Wildman–Crippen MR) is 121 cm³/mol. The molecule has 3 heterocycles. The number of ether oxygens (including phenoxy) is 1. The molecule has 0 aliphatic carbocycles. The lowest BCUT2D eigenvalue weighted by Crippen LogP contribution is -2.33. The van der Waals surface area contributed by atoms with Crippen molar-refractivity contribution in [3.63, 3.8) is 0 Å². The minimum Gasteiger partial charge on any atom is -0.480 e. The van der Waals surface area contributed by atoms with Gasteiger partial charge in [-0.3, -0.25) is 0 Å². The molecule has 2 aliphatic heterocycles. The third kappa shape index (κ3) is 2.83. The standard InChI is InChI=1S/C25H18ClFN4O/c1-14-6-2-3-7-16(14)24-21-22(18-12-15(26)10-11-20(18)32-24)30-25-28-13-29-31(25)23(21)17-8-4-5-9-19(17)27/h2-13,23-24H,1H3,(H,28,29,30)/t23-,24-/m0/s1. The Labute approximate surface area is 189 Å². The van der Waals surface area contributed by atoms with Crippen LogP contribution in [0.1, 0.15) is 34.4 Å². The molecule has 0 amide bonds. The molecular weight excluding hydrogens is 427 g/mol. The van der Waals surface area contributed by atoms with Gasteiger partial charge in [0.2, 0.25) is 5.95 Å². The van der Waals surface area contributed by atoms with Gasteiger partial charge in [0.15, 0.2) is 0 Å². The van der Waals surface area contributed by atoms with E-state index in [9.17, 15) is 0 Å². The Morgan fingerprint density at radius 3 is 2.62 bits per heavy atom. The number of nitrogens with one attached hydrogen (secondary N) is 1. The SMILES string of the molecule is Cc1ccccc1[C@@H]1Oc2ccc(Cl)cc2C2=C1[C@H](c1ccccc1F)n1ncnc1N2. The van der Waals surface area contributed by atoms with Gasteiger partial charge in [-0.25, -0.2) is 9.07 Å². The van der Waals surface area contributed by atoms with Crippen LogP contribution in [0.2, 0.25) is 5.02 Å². The van der Waals surface area contributed by atoms with Crippen molar-refractivity contribution >= 4 is 23.2 Å². The third-order valence-electron chi connectivity index (χ3n) is 6.05. The van der Waals surface area contributed by atoms with Crippen LogP contribution in [0.5, 0.6) is 5.75 Å². The first-order valence-electron chi connectivity index (χ1n) is 10.3. The number of hydrogen-bond acceptors (Lipinski definition) is 4. The Hall–Kier alpha value is -3.64. The van der Waals surface area contributed by atoms with Crippen LogP contribution in [0.4, 0.5) is 10.3 Å². The zero-order valence-corrected chi connectivity index (χ0v) is 17.8. The fourth-order valence-corrected chi connectivity index (χ4v) is 4.75. The van der Waals surface area contributed by atoms with Crippen LogP contribution in [0.3, 0.4) is 0 Å². The van der Waals surface area contributed by atoms with Gasteiger partial charge in [0, 0.05) is 21.7 Å². The zero-order valence-electron chi connectivity index (χ0n) is 17.1. The van der Waals surface area contributed by atoms with Crippen molar-refractivity contribution in [1.29, 1.82) is 0 Å². The van der Waals surface area contributed by atoms with Crippen molar-refractivity contribution in [1.82, 2.24) is 14.8 Å². The Kier molecular flexibility index (Phi) is 4.30. The molecule has 1 aromatic heterocycles. The summed E-state index contributed by atoms with van der Waals surface area (Å²) in [4.78, 5) is 4.37. The number of hydrogen-bond donors (Lipinski definition) is 1. The molecule has 32 heavy (non-hydrogen) atoms. The first-order chi connectivity index (χ1) is 15.6. The van der Waals surface area contributed by atoms with E-state index in [1.165, 1.54) is 12.4 Å². The average Bonchev–Trinajstić information content (AvgIpc) is 3.27. The highest BCUT2D eigenvalue weighted by Crippen LogP contribution is 2.51. The average molecular weight is 445 g/mol. The first-order valence-corrected chi connectivity index (χ1v) is 10.7. The van der Waals surface area contributed by atoms with Crippen LogP contribution in [0.25, 0.3) is 5.70 Å². The van der Waals surface area contributed by atoms with E-state index in [2.05, 4.69) is 15.4 Å². The maximum Gasteiger partial charge on any atom is 0.226 e. The van der Waals surface area contributed by atoms with Crippen LogP contribution >= 0.6 is 11.6 Å². The lowest BCUT2D eigenvalue weighted by atomic mass is 9.83. The summed E-state index contributed by atoms with van der Waals surface area (Å²) in [6.07, 6.45) is 1.02. The second-order valence-electron chi connectivity index (χ2n) is 7.90. The number of benzene rings is 3. The molecule has 0 saturated carbocycles. The van der Waals surface area contributed by atoms with E-state index in [0.29, 0.717) is 22.3 Å². The lowest BCUT2D eigenvalue weighted by Gasteiger charge is -2.39. The van der Waals surface area contributed by atoms with E-state index in [1.54, 1.807) is 22.9 Å². The van der Waals surface area contributed by atoms with Crippen LogP contribution in [-0.4, -0.2) is 14.8 Å². The van der Waals surface area contributed by atoms with Gasteiger partial charge in [-0.2, -0.15) is 10.1 Å². The molecule has 0 saturated heterocycles. The van der Waals surface area contributed by atoms with E-state index in [0.717, 1.165) is 28.0 Å². The molecule has 0 fully saturated rings. The fourth-order valence-electron chi connectivity index (χ4n) is 4.58. The minimum absolute atomic E-state index is 0.312. The third-order valence-corrected chi connectivity index (χ3v) is 6.28. The molecule has 0 radical (unpaired) electrons. The van der Waals surface area contributed by atoms with Crippen LogP contribution < -0.4 is 10.1 Å². The van der Waals surface area contributed by atoms with Crippen molar-refractivity contribution in [2.75, 3.05) is 5.32 Å². The van der Waals surface area contributed by atoms with Crippen molar-refractivity contribution in [3.8, 4) is 5.75 Å². The lowest BCUT2D eigenvalue weighted by molar-refractivity contribution is 0.221. The van der Waals surface area contributed by atoms with E-state index in [-0.39, 0.29) is 5.82 Å². The second-order valence-corrected chi connectivity index (χ2v) is 8.34. The van der Waals surface area contributed by atoms with Gasteiger partial charge in [-0.05, 0) is 42.3 Å². The molecular formula is C25H18ClFN4O. The summed E-state index contributed by atoms with van der Waals surface area (Å²) in [7, 11) is 0. The summed E-state index contributed by atoms with van der Waals surface area (Å²) in [5.74, 6) is 0.927. The maximum atomic E-state index is 15.1. The molecule has 0 unspecified atom stereocenters. The molecule has 0 bridgehead atoms. The second kappa shape index (κ2) is 7.21. The van der Waals surface area contributed by atoms with Gasteiger partial charge in [-0.15, -0.1) is 0 Å². The molecule has 158 valence electrons. The van der Waals surface area contributed by atoms with Gasteiger partial charge in [-0.1, -0.05) is 54.1 Å². The van der Waals surface area contributed by atoms with E-state index in [4.69, 9.17) is 16.3 Å². The van der Waals surface area contributed by atoms with E-state index >= 15 is 4.39 Å². The van der Waals surface area contributed by atoms with Gasteiger partial charge in [0.25, 0.3) is 0 Å². The largest absolute Gasteiger partial charge is 0.480 e. The summed E-state index contributed by atoms with van der Waals surface area (Å²) < 4.78 is 23.4. The van der Waals surface area contributed by atoms with Crippen molar-refractivity contribution < 1.29 is 9.13 Å². The normalized spacial score (nSPS) is 18.8. The quantitative estimate of drug-likeness (QED) is 0.415. The van der Waals surface area contributed by atoms with E-state index < -0.39 is 12.1 Å². The fraction of sp³-hybridized carbons (Fsp3) is 0.120. The monoisotopic (exact) mass is 444 g/mol. The predicted octanol–water partition coefficient (Wildman–Crippen LogP) is 5.94. The summed E-state index contributed by atoms with van der Waals surface area (Å²) in [5.41, 5.74) is 5.08. The topological polar surface area (TPSA) is 52.0 Å². The summed E-state index contributed by atoms with van der Waals surface area (Å²) in [6.45, 7) is 2.05. The number of nitrogens with zero attached hydrogens (tertiary/aromatic N) is 3. The molecule has 0 spiro atoms. The number of anilines is 1. The highest BCUT2D eigenvalue weighted by Gasteiger charge is 2.42. The highest BCUT2D eigenvalue weighted by molar-refractivity contribution is 6.30. The Balaban J connectivity index is 1.68. The highest BCUT2D eigenvalue weighted by atomic mass is 35.5. The van der Waals surface area contributed by atoms with Crippen LogP contribution in [-0.2, 0) is 0 Å². The van der Waals surface area contributed by atoms with Crippen molar-refractivity contribution in [3.05, 3.63) is 112 Å². The Bertz CT molecular complexity index is 1400. The summed E-state index contributed by atoms with van der Waals surface area (Å²) >= 11 is 6.35. The maximum absolute atomic E-state index is 15.1. The Morgan fingerprint density at radius 1 is 1.03 bits per heavy atom. The molecule has 3 aromatic carbocycles. The van der Waals surface area contributed by atoms with Crippen molar-refractivity contribution in [2.24, 2.45) is 0 Å². The van der Waals surface area contributed by atoms with Gasteiger partial charge in [0.05, 0.1) is 5.70 Å². The summed E-state index contributed by atoms with van der Waals surface area (Å²) in [6, 6.07) is 19.8. The zero-order chi connectivity index (χ0) is 21.8. The molecule has 7 heteroatoms. The van der Waals surface area contributed by atoms with Crippen molar-refractivity contribution in [2.45, 2.75) is 19.1 Å². The molecule has 2 atom stereocenters. The van der Waals surface area contributed by atoms with Gasteiger partial charge < -0.3 is 10.1 Å². The van der Waals surface area contributed by atoms with Gasteiger partial charge >= 0.3 is 0 Å². The number of aryl methyl sites for hydroxylation is 1. The smallest absolute Gasteiger partial charge is 0.226 e. The minimum atomic E-state index is -0.540. The molecule has 4 aromatic rings. The van der Waals surface area contributed by atoms with Gasteiger partial charge in [0.1, 0.15) is 30.0 Å². The van der Waals surface area contributed by atoms with Crippen LogP contribution in [0.15, 0.2) is 78.6 Å². The Morgan fingerprint density at radius 2 is 1.81 bits per heavy atom. The number of aromatic nitrogens is 3. The van der Waals surface area contributed by atoms with E-state index in [1.807, 2.05) is 49.4 Å². The molecule has 1 N–H and O–H groups in total. The number of rotatable bonds is 2.